The van der Waals surface area contributed by atoms with E-state index in [1.54, 1.807) is 0 Å². The van der Waals surface area contributed by atoms with Crippen molar-refractivity contribution in [3.8, 4) is 11.8 Å². The molecule has 0 unspecified atom stereocenters. The van der Waals surface area contributed by atoms with E-state index in [0.29, 0.717) is 19.0 Å². The Balaban J connectivity index is 1.91. The predicted octanol–water partition coefficient (Wildman–Crippen LogP) is 2.43. The van der Waals surface area contributed by atoms with E-state index in [1.807, 2.05) is 30.3 Å². The Labute approximate surface area is 101 Å². The van der Waals surface area contributed by atoms with Gasteiger partial charge in [0.25, 0.3) is 0 Å². The van der Waals surface area contributed by atoms with E-state index in [2.05, 4.69) is 11.8 Å². The SMILES string of the molecule is O=C(O)N1CCC(C#Cc2ccccc2)CC1. The normalized spacial score (nSPS) is 16.1. The van der Waals surface area contributed by atoms with Gasteiger partial charge in [0.15, 0.2) is 0 Å². The van der Waals surface area contributed by atoms with E-state index in [9.17, 15) is 4.79 Å². The molecule has 1 aromatic carbocycles. The van der Waals surface area contributed by atoms with Crippen molar-refractivity contribution in [1.82, 2.24) is 4.90 Å². The van der Waals surface area contributed by atoms with Gasteiger partial charge in [-0.05, 0) is 25.0 Å². The second-order valence-corrected chi connectivity index (χ2v) is 4.18. The first-order valence-electron chi connectivity index (χ1n) is 5.80. The van der Waals surface area contributed by atoms with Crippen LogP contribution in [0.4, 0.5) is 4.79 Å². The summed E-state index contributed by atoms with van der Waals surface area (Å²) >= 11 is 0. The highest BCUT2D eigenvalue weighted by molar-refractivity contribution is 5.65. The molecule has 0 aliphatic carbocycles. The first-order chi connectivity index (χ1) is 8.25. The van der Waals surface area contributed by atoms with Gasteiger partial charge in [-0.2, -0.15) is 0 Å². The van der Waals surface area contributed by atoms with Gasteiger partial charge in [0.2, 0.25) is 0 Å². The molecule has 1 aliphatic rings. The van der Waals surface area contributed by atoms with Crippen molar-refractivity contribution in [3.05, 3.63) is 35.9 Å². The maximum Gasteiger partial charge on any atom is 0.407 e. The molecule has 1 N–H and O–H groups in total. The molecule has 0 aromatic heterocycles. The van der Waals surface area contributed by atoms with Crippen LogP contribution in [0.15, 0.2) is 30.3 Å². The number of amides is 1. The zero-order valence-corrected chi connectivity index (χ0v) is 9.60. The van der Waals surface area contributed by atoms with Gasteiger partial charge in [-0.1, -0.05) is 30.0 Å². The van der Waals surface area contributed by atoms with Crippen LogP contribution in [0.25, 0.3) is 0 Å². The minimum absolute atomic E-state index is 0.325. The van der Waals surface area contributed by atoms with E-state index in [1.165, 1.54) is 4.90 Å². The average molecular weight is 229 g/mol. The standard InChI is InChI=1S/C14H15NO2/c16-14(17)15-10-8-13(9-11-15)7-6-12-4-2-1-3-5-12/h1-5,13H,8-11H2,(H,16,17). The summed E-state index contributed by atoms with van der Waals surface area (Å²) in [5.41, 5.74) is 1.02. The predicted molar refractivity (Wildman–Crippen MR) is 65.6 cm³/mol. The molecule has 88 valence electrons. The number of hydrogen-bond acceptors (Lipinski definition) is 1. The second kappa shape index (κ2) is 5.40. The number of carbonyl (C=O) groups is 1. The fourth-order valence-corrected chi connectivity index (χ4v) is 1.92. The zero-order chi connectivity index (χ0) is 12.1. The Kier molecular flexibility index (Phi) is 3.66. The van der Waals surface area contributed by atoms with E-state index < -0.39 is 6.09 Å². The Morgan fingerprint density at radius 2 is 1.88 bits per heavy atom. The van der Waals surface area contributed by atoms with Crippen molar-refractivity contribution in [1.29, 1.82) is 0 Å². The summed E-state index contributed by atoms with van der Waals surface area (Å²) in [7, 11) is 0. The lowest BCUT2D eigenvalue weighted by Crippen LogP contribution is -2.37. The highest BCUT2D eigenvalue weighted by atomic mass is 16.4. The Morgan fingerprint density at radius 1 is 1.24 bits per heavy atom. The molecule has 1 saturated heterocycles. The topological polar surface area (TPSA) is 40.5 Å². The van der Waals surface area contributed by atoms with Crippen LogP contribution in [0.5, 0.6) is 0 Å². The molecule has 3 heteroatoms. The highest BCUT2D eigenvalue weighted by Crippen LogP contribution is 2.16. The van der Waals surface area contributed by atoms with E-state index in [0.717, 1.165) is 18.4 Å². The summed E-state index contributed by atoms with van der Waals surface area (Å²) in [5.74, 6) is 6.70. The number of rotatable bonds is 0. The monoisotopic (exact) mass is 229 g/mol. The Morgan fingerprint density at radius 3 is 2.47 bits per heavy atom. The first kappa shape index (κ1) is 11.5. The molecule has 0 atom stereocenters. The molecule has 0 saturated carbocycles. The molecule has 1 fully saturated rings. The van der Waals surface area contributed by atoms with Crippen LogP contribution in [-0.4, -0.2) is 29.2 Å². The number of nitrogens with zero attached hydrogens (tertiary/aromatic N) is 1. The number of hydrogen-bond donors (Lipinski definition) is 1. The zero-order valence-electron chi connectivity index (χ0n) is 9.60. The molecule has 3 nitrogen and oxygen atoms in total. The van der Waals surface area contributed by atoms with Crippen LogP contribution in [0, 0.1) is 17.8 Å². The lowest BCUT2D eigenvalue weighted by molar-refractivity contribution is 0.130. The molecular formula is C14H15NO2. The van der Waals surface area contributed by atoms with Crippen LogP contribution < -0.4 is 0 Å². The number of piperidine rings is 1. The lowest BCUT2D eigenvalue weighted by atomic mass is 9.97. The minimum Gasteiger partial charge on any atom is -0.465 e. The summed E-state index contributed by atoms with van der Waals surface area (Å²) in [6.45, 7) is 1.20. The Hall–Kier alpha value is -1.95. The van der Waals surface area contributed by atoms with E-state index in [4.69, 9.17) is 5.11 Å². The Bertz CT molecular complexity index is 436. The summed E-state index contributed by atoms with van der Waals surface area (Å²) in [5, 5.41) is 8.82. The number of carboxylic acid groups (broad SMARTS) is 1. The third-order valence-electron chi connectivity index (χ3n) is 2.96. The fourth-order valence-electron chi connectivity index (χ4n) is 1.92. The maximum atomic E-state index is 10.7. The van der Waals surface area contributed by atoms with Gasteiger partial charge in [0.05, 0.1) is 0 Å². The van der Waals surface area contributed by atoms with Gasteiger partial charge in [-0.15, -0.1) is 0 Å². The van der Waals surface area contributed by atoms with Crippen LogP contribution in [0.1, 0.15) is 18.4 Å². The van der Waals surface area contributed by atoms with Crippen molar-refractivity contribution >= 4 is 6.09 Å². The first-order valence-corrected chi connectivity index (χ1v) is 5.80. The van der Waals surface area contributed by atoms with Crippen molar-refractivity contribution in [2.24, 2.45) is 5.92 Å². The molecule has 17 heavy (non-hydrogen) atoms. The smallest absolute Gasteiger partial charge is 0.407 e. The second-order valence-electron chi connectivity index (χ2n) is 4.18. The van der Waals surface area contributed by atoms with Crippen molar-refractivity contribution in [2.75, 3.05) is 13.1 Å². The molecule has 1 aliphatic heterocycles. The third kappa shape index (κ3) is 3.25. The fraction of sp³-hybridized carbons (Fsp3) is 0.357. The molecule has 0 spiro atoms. The third-order valence-corrected chi connectivity index (χ3v) is 2.96. The largest absolute Gasteiger partial charge is 0.465 e. The van der Waals surface area contributed by atoms with Gasteiger partial charge in [0, 0.05) is 24.6 Å². The molecule has 1 amide bonds. The summed E-state index contributed by atoms with van der Waals surface area (Å²) in [4.78, 5) is 12.2. The number of likely N-dealkylation sites (tertiary alicyclic amines) is 1. The van der Waals surface area contributed by atoms with Crippen LogP contribution in [0.3, 0.4) is 0 Å². The van der Waals surface area contributed by atoms with Gasteiger partial charge >= 0.3 is 6.09 Å². The molecule has 1 aromatic rings. The summed E-state index contributed by atoms with van der Waals surface area (Å²) < 4.78 is 0. The van der Waals surface area contributed by atoms with E-state index in [-0.39, 0.29) is 0 Å². The van der Waals surface area contributed by atoms with E-state index >= 15 is 0 Å². The summed E-state index contributed by atoms with van der Waals surface area (Å²) in [6, 6.07) is 9.88. The van der Waals surface area contributed by atoms with Crippen LogP contribution >= 0.6 is 0 Å². The summed E-state index contributed by atoms with van der Waals surface area (Å²) in [6.07, 6.45) is 0.859. The molecule has 2 rings (SSSR count). The van der Waals surface area contributed by atoms with Crippen molar-refractivity contribution in [3.63, 3.8) is 0 Å². The van der Waals surface area contributed by atoms with Crippen molar-refractivity contribution in [2.45, 2.75) is 12.8 Å². The van der Waals surface area contributed by atoms with Crippen molar-refractivity contribution < 1.29 is 9.90 Å². The maximum absolute atomic E-state index is 10.7. The van der Waals surface area contributed by atoms with Crippen LogP contribution in [-0.2, 0) is 0 Å². The van der Waals surface area contributed by atoms with Gasteiger partial charge in [-0.3, -0.25) is 0 Å². The van der Waals surface area contributed by atoms with Crippen LogP contribution in [0.2, 0.25) is 0 Å². The quantitative estimate of drug-likeness (QED) is 0.694. The minimum atomic E-state index is -0.820. The van der Waals surface area contributed by atoms with Gasteiger partial charge in [-0.25, -0.2) is 4.79 Å². The number of benzene rings is 1. The molecule has 0 radical (unpaired) electrons. The lowest BCUT2D eigenvalue weighted by Gasteiger charge is -2.27. The molecular weight excluding hydrogens is 214 g/mol. The average Bonchev–Trinajstić information content (AvgIpc) is 2.38. The van der Waals surface area contributed by atoms with Gasteiger partial charge < -0.3 is 10.0 Å². The highest BCUT2D eigenvalue weighted by Gasteiger charge is 2.20. The molecule has 1 heterocycles. The van der Waals surface area contributed by atoms with Gasteiger partial charge in [0.1, 0.15) is 0 Å². The molecule has 0 bridgehead atoms.